The number of fused-ring (bicyclic) bond motifs is 4. The molecule has 0 amide bonds. The number of rotatable bonds is 0. The second-order valence-corrected chi connectivity index (χ2v) is 5.03. The molecule has 1 spiro atoms. The van der Waals surface area contributed by atoms with E-state index in [1.165, 1.54) is 16.7 Å². The van der Waals surface area contributed by atoms with E-state index < -0.39 is 0 Å². The Kier molecular flexibility index (Phi) is 1.77. The monoisotopic (exact) mass is 235 g/mol. The summed E-state index contributed by atoms with van der Waals surface area (Å²) in [6.45, 7) is 2.77. The molecule has 0 bridgehead atoms. The molecule has 4 rings (SSSR count). The summed E-state index contributed by atoms with van der Waals surface area (Å²) in [7, 11) is 0. The maximum absolute atomic E-state index is 5.86. The van der Waals surface area contributed by atoms with E-state index in [4.69, 9.17) is 4.74 Å². The zero-order valence-corrected chi connectivity index (χ0v) is 10.2. The lowest BCUT2D eigenvalue weighted by Gasteiger charge is -2.20. The summed E-state index contributed by atoms with van der Waals surface area (Å²) < 4.78 is 5.86. The Morgan fingerprint density at radius 3 is 2.94 bits per heavy atom. The predicted molar refractivity (Wildman–Crippen MR) is 72.0 cm³/mol. The normalized spacial score (nSPS) is 22.9. The van der Waals surface area contributed by atoms with Crippen LogP contribution in [0.25, 0.3) is 0 Å². The third-order valence-electron chi connectivity index (χ3n) is 3.88. The van der Waals surface area contributed by atoms with E-state index >= 15 is 0 Å². The van der Waals surface area contributed by atoms with Crippen molar-refractivity contribution in [1.29, 1.82) is 0 Å². The zero-order valence-electron chi connectivity index (χ0n) is 10.2. The van der Waals surface area contributed by atoms with Crippen molar-refractivity contribution in [3.8, 4) is 5.75 Å². The molecule has 0 fully saturated rings. The molecule has 2 aromatic carbocycles. The van der Waals surface area contributed by atoms with Crippen molar-refractivity contribution in [1.82, 2.24) is 0 Å². The first-order valence-electron chi connectivity index (χ1n) is 6.18. The second kappa shape index (κ2) is 3.22. The molecule has 2 aliphatic heterocycles. The van der Waals surface area contributed by atoms with Crippen molar-refractivity contribution in [2.24, 2.45) is 4.99 Å². The van der Waals surface area contributed by atoms with Gasteiger partial charge in [-0.3, -0.25) is 4.99 Å². The number of nitrogens with zero attached hydrogens (tertiary/aromatic N) is 1. The fraction of sp³-hybridized carbons (Fsp3) is 0.188. The topological polar surface area (TPSA) is 21.6 Å². The summed E-state index contributed by atoms with van der Waals surface area (Å²) in [6, 6.07) is 14.7. The van der Waals surface area contributed by atoms with E-state index in [-0.39, 0.29) is 5.41 Å². The fourth-order valence-corrected chi connectivity index (χ4v) is 2.93. The van der Waals surface area contributed by atoms with Crippen molar-refractivity contribution in [2.75, 3.05) is 6.61 Å². The molecule has 0 aliphatic carbocycles. The molecular weight excluding hydrogens is 222 g/mol. The minimum absolute atomic E-state index is 0.169. The highest BCUT2D eigenvalue weighted by atomic mass is 16.5. The molecule has 2 heteroatoms. The molecule has 0 radical (unpaired) electrons. The molecule has 88 valence electrons. The molecule has 2 nitrogen and oxygen atoms in total. The van der Waals surface area contributed by atoms with Crippen LogP contribution in [0.3, 0.4) is 0 Å². The van der Waals surface area contributed by atoms with Gasteiger partial charge in [0.1, 0.15) is 12.4 Å². The van der Waals surface area contributed by atoms with Crippen LogP contribution in [0, 0.1) is 6.92 Å². The number of hydrogen-bond donors (Lipinski definition) is 0. The standard InChI is InChI=1S/C16H13NO/c1-11-6-7-15-13(8-11)16(10-18-15)9-17-14-5-3-2-4-12(14)16/h2-9H,10H2,1H3. The van der Waals surface area contributed by atoms with Gasteiger partial charge in [0.25, 0.3) is 0 Å². The van der Waals surface area contributed by atoms with Crippen LogP contribution in [0.5, 0.6) is 5.75 Å². The number of ether oxygens (including phenoxy) is 1. The van der Waals surface area contributed by atoms with Gasteiger partial charge >= 0.3 is 0 Å². The first-order chi connectivity index (χ1) is 8.79. The number of benzene rings is 2. The van der Waals surface area contributed by atoms with Crippen LogP contribution in [-0.2, 0) is 5.41 Å². The summed E-state index contributed by atoms with van der Waals surface area (Å²) in [5, 5.41) is 0. The van der Waals surface area contributed by atoms with Crippen molar-refractivity contribution in [2.45, 2.75) is 12.3 Å². The highest BCUT2D eigenvalue weighted by Crippen LogP contribution is 2.48. The lowest BCUT2D eigenvalue weighted by Crippen LogP contribution is -2.28. The first-order valence-corrected chi connectivity index (χ1v) is 6.18. The molecule has 1 unspecified atom stereocenters. The number of hydrogen-bond acceptors (Lipinski definition) is 2. The van der Waals surface area contributed by atoms with Gasteiger partial charge in [0, 0.05) is 11.8 Å². The number of para-hydroxylation sites is 1. The van der Waals surface area contributed by atoms with Crippen LogP contribution < -0.4 is 4.74 Å². The predicted octanol–water partition coefficient (Wildman–Crippen LogP) is 3.39. The zero-order chi connectivity index (χ0) is 12.2. The van der Waals surface area contributed by atoms with Crippen molar-refractivity contribution in [3.05, 3.63) is 59.2 Å². The molecular formula is C16H13NO. The van der Waals surface area contributed by atoms with Crippen molar-refractivity contribution < 1.29 is 4.74 Å². The van der Waals surface area contributed by atoms with E-state index in [0.717, 1.165) is 11.4 Å². The molecule has 0 aromatic heterocycles. The Labute approximate surface area is 106 Å². The van der Waals surface area contributed by atoms with Crippen LogP contribution in [-0.4, -0.2) is 12.8 Å². The lowest BCUT2D eigenvalue weighted by molar-refractivity contribution is 0.328. The van der Waals surface area contributed by atoms with Gasteiger partial charge in [0.2, 0.25) is 0 Å². The van der Waals surface area contributed by atoms with E-state index in [9.17, 15) is 0 Å². The van der Waals surface area contributed by atoms with Gasteiger partial charge < -0.3 is 4.74 Å². The lowest BCUT2D eigenvalue weighted by atomic mass is 9.78. The van der Waals surface area contributed by atoms with Crippen molar-refractivity contribution in [3.63, 3.8) is 0 Å². The largest absolute Gasteiger partial charge is 0.492 e. The SMILES string of the molecule is Cc1ccc2c(c1)C1(C=Nc3ccccc31)CO2. The van der Waals surface area contributed by atoms with E-state index in [2.05, 4.69) is 48.3 Å². The molecule has 0 N–H and O–H groups in total. The van der Waals surface area contributed by atoms with Gasteiger partial charge in [0.15, 0.2) is 0 Å². The quantitative estimate of drug-likeness (QED) is 0.686. The van der Waals surface area contributed by atoms with Crippen LogP contribution in [0.4, 0.5) is 5.69 Å². The Balaban J connectivity index is 2.00. The number of aliphatic imine (C=N–C) groups is 1. The van der Waals surface area contributed by atoms with Crippen molar-refractivity contribution >= 4 is 11.9 Å². The summed E-state index contributed by atoms with van der Waals surface area (Å²) in [5.41, 5.74) is 4.66. The molecule has 2 aromatic rings. The average Bonchev–Trinajstić information content (AvgIpc) is 2.95. The molecule has 0 saturated heterocycles. The van der Waals surface area contributed by atoms with Gasteiger partial charge in [-0.1, -0.05) is 35.9 Å². The summed E-state index contributed by atoms with van der Waals surface area (Å²) >= 11 is 0. The smallest absolute Gasteiger partial charge is 0.124 e. The Hall–Kier alpha value is -2.09. The second-order valence-electron chi connectivity index (χ2n) is 5.03. The third kappa shape index (κ3) is 1.10. The van der Waals surface area contributed by atoms with E-state index in [1.807, 2.05) is 12.3 Å². The number of aryl methyl sites for hydroxylation is 1. The van der Waals surface area contributed by atoms with Crippen LogP contribution in [0.2, 0.25) is 0 Å². The van der Waals surface area contributed by atoms with Gasteiger partial charge in [-0.2, -0.15) is 0 Å². The molecule has 1 atom stereocenters. The Morgan fingerprint density at radius 1 is 1.11 bits per heavy atom. The maximum atomic E-state index is 5.86. The molecule has 2 aliphatic rings. The fourth-order valence-electron chi connectivity index (χ4n) is 2.93. The van der Waals surface area contributed by atoms with Gasteiger partial charge in [0.05, 0.1) is 11.1 Å². The molecule has 2 heterocycles. The highest BCUT2D eigenvalue weighted by Gasteiger charge is 2.44. The third-order valence-corrected chi connectivity index (χ3v) is 3.88. The maximum Gasteiger partial charge on any atom is 0.124 e. The minimum atomic E-state index is -0.169. The van der Waals surface area contributed by atoms with Crippen LogP contribution >= 0.6 is 0 Å². The van der Waals surface area contributed by atoms with Gasteiger partial charge in [-0.15, -0.1) is 0 Å². The van der Waals surface area contributed by atoms with Gasteiger partial charge in [-0.25, -0.2) is 0 Å². The molecule has 0 saturated carbocycles. The van der Waals surface area contributed by atoms with Gasteiger partial charge in [-0.05, 0) is 24.6 Å². The van der Waals surface area contributed by atoms with E-state index in [0.29, 0.717) is 6.61 Å². The summed E-state index contributed by atoms with van der Waals surface area (Å²) in [4.78, 5) is 4.56. The van der Waals surface area contributed by atoms with Crippen LogP contribution in [0.1, 0.15) is 16.7 Å². The Morgan fingerprint density at radius 2 is 2.00 bits per heavy atom. The summed E-state index contributed by atoms with van der Waals surface area (Å²) in [6.07, 6.45) is 2.04. The van der Waals surface area contributed by atoms with Crippen LogP contribution in [0.15, 0.2) is 47.5 Å². The first kappa shape index (κ1) is 9.89. The Bertz CT molecular complexity index is 675. The minimum Gasteiger partial charge on any atom is -0.492 e. The van der Waals surface area contributed by atoms with E-state index in [1.54, 1.807) is 0 Å². The average molecular weight is 235 g/mol. The summed E-state index contributed by atoms with van der Waals surface area (Å²) in [5.74, 6) is 0.990. The highest BCUT2D eigenvalue weighted by molar-refractivity contribution is 5.91. The molecule has 18 heavy (non-hydrogen) atoms.